The van der Waals surface area contributed by atoms with Crippen LogP contribution in [0.1, 0.15) is 0 Å². The van der Waals surface area contributed by atoms with Gasteiger partial charge in [-0.25, -0.2) is 0 Å². The molecule has 120 valence electrons. The van der Waals surface area contributed by atoms with Crippen LogP contribution in [0.25, 0.3) is 10.9 Å². The summed E-state index contributed by atoms with van der Waals surface area (Å²) in [6.07, 6.45) is 1.77. The number of anilines is 3. The number of fused-ring (bicyclic) bond motifs is 1. The van der Waals surface area contributed by atoms with Crippen molar-refractivity contribution in [2.45, 2.75) is 0 Å². The molecule has 0 saturated heterocycles. The number of aromatic amines is 1. The van der Waals surface area contributed by atoms with Crippen molar-refractivity contribution >= 4 is 28.5 Å². The number of hydrogen-bond acceptors (Lipinski definition) is 8. The molecule has 23 heavy (non-hydrogen) atoms. The fourth-order valence-electron chi connectivity index (χ4n) is 1.99. The van der Waals surface area contributed by atoms with Crippen LogP contribution in [0.15, 0.2) is 24.4 Å². The van der Waals surface area contributed by atoms with E-state index in [0.29, 0.717) is 25.0 Å². The maximum atomic E-state index is 5.11. The van der Waals surface area contributed by atoms with E-state index in [2.05, 4.69) is 35.8 Å². The number of hydrogen-bond donors (Lipinski definition) is 3. The molecule has 0 radical (unpaired) electrons. The standard InChI is InChI=1S/C14H17N7O2/c1-22-6-5-15-12-18-13(20-14(19-12)23-2)17-10-4-3-9-8-16-21-11(9)7-10/h3-4,7-8H,5-6H2,1-2H3,(H,16,21)(H2,15,17,18,19,20). The quantitative estimate of drug-likeness (QED) is 0.563. The van der Waals surface area contributed by atoms with Crippen molar-refractivity contribution in [3.8, 4) is 6.01 Å². The summed E-state index contributed by atoms with van der Waals surface area (Å²) in [6, 6.07) is 6.03. The average Bonchev–Trinajstić information content (AvgIpc) is 3.02. The van der Waals surface area contributed by atoms with Gasteiger partial charge in [0.15, 0.2) is 0 Å². The van der Waals surface area contributed by atoms with Crippen LogP contribution in [-0.2, 0) is 4.74 Å². The second kappa shape index (κ2) is 6.88. The second-order valence-corrected chi connectivity index (χ2v) is 4.69. The molecule has 0 aliphatic rings. The third-order valence-electron chi connectivity index (χ3n) is 3.08. The first-order valence-electron chi connectivity index (χ1n) is 7.01. The van der Waals surface area contributed by atoms with Crippen molar-refractivity contribution in [1.29, 1.82) is 0 Å². The fourth-order valence-corrected chi connectivity index (χ4v) is 1.99. The topological polar surface area (TPSA) is 110 Å². The number of aromatic nitrogens is 5. The summed E-state index contributed by atoms with van der Waals surface area (Å²) in [5.74, 6) is 0.801. The van der Waals surface area contributed by atoms with Crippen LogP contribution < -0.4 is 15.4 Å². The zero-order valence-electron chi connectivity index (χ0n) is 12.8. The minimum Gasteiger partial charge on any atom is -0.467 e. The first-order chi connectivity index (χ1) is 11.3. The molecule has 3 rings (SSSR count). The van der Waals surface area contributed by atoms with E-state index < -0.39 is 0 Å². The van der Waals surface area contributed by atoms with E-state index in [1.165, 1.54) is 7.11 Å². The summed E-state index contributed by atoms with van der Waals surface area (Å²) < 4.78 is 10.1. The van der Waals surface area contributed by atoms with Gasteiger partial charge in [0, 0.05) is 24.7 Å². The first-order valence-corrected chi connectivity index (χ1v) is 7.01. The molecule has 0 bridgehead atoms. The van der Waals surface area contributed by atoms with Gasteiger partial charge in [-0.3, -0.25) is 5.10 Å². The van der Waals surface area contributed by atoms with Gasteiger partial charge in [-0.2, -0.15) is 20.1 Å². The van der Waals surface area contributed by atoms with Crippen LogP contribution in [0.3, 0.4) is 0 Å². The number of benzene rings is 1. The highest BCUT2D eigenvalue weighted by Crippen LogP contribution is 2.20. The van der Waals surface area contributed by atoms with Crippen LogP contribution in [0.4, 0.5) is 17.6 Å². The molecule has 2 aromatic heterocycles. The monoisotopic (exact) mass is 315 g/mol. The van der Waals surface area contributed by atoms with E-state index in [4.69, 9.17) is 9.47 Å². The molecule has 0 amide bonds. The SMILES string of the molecule is COCCNc1nc(Nc2ccc3cn[nH]c3c2)nc(OC)n1. The van der Waals surface area contributed by atoms with Crippen LogP contribution >= 0.6 is 0 Å². The zero-order chi connectivity index (χ0) is 16.1. The predicted octanol–water partition coefficient (Wildman–Crippen LogP) is 1.56. The molecule has 1 aromatic carbocycles. The van der Waals surface area contributed by atoms with E-state index in [1.54, 1.807) is 13.3 Å². The van der Waals surface area contributed by atoms with Gasteiger partial charge in [0.1, 0.15) is 0 Å². The molecule has 0 saturated carbocycles. The molecule has 3 aromatic rings. The Morgan fingerprint density at radius 1 is 1.13 bits per heavy atom. The molecule has 0 unspecified atom stereocenters. The van der Waals surface area contributed by atoms with Crippen LogP contribution in [0.5, 0.6) is 6.01 Å². The van der Waals surface area contributed by atoms with Crippen molar-refractivity contribution < 1.29 is 9.47 Å². The van der Waals surface area contributed by atoms with Gasteiger partial charge in [0.2, 0.25) is 11.9 Å². The van der Waals surface area contributed by atoms with E-state index in [1.807, 2.05) is 18.2 Å². The average molecular weight is 315 g/mol. The van der Waals surface area contributed by atoms with Crippen LogP contribution in [0.2, 0.25) is 0 Å². The second-order valence-electron chi connectivity index (χ2n) is 4.69. The lowest BCUT2D eigenvalue weighted by atomic mass is 10.2. The molecule has 9 nitrogen and oxygen atoms in total. The lowest BCUT2D eigenvalue weighted by Crippen LogP contribution is -2.12. The van der Waals surface area contributed by atoms with Gasteiger partial charge in [-0.1, -0.05) is 0 Å². The van der Waals surface area contributed by atoms with Crippen molar-refractivity contribution in [3.05, 3.63) is 24.4 Å². The maximum Gasteiger partial charge on any atom is 0.322 e. The number of H-pyrrole nitrogens is 1. The largest absolute Gasteiger partial charge is 0.467 e. The third kappa shape index (κ3) is 3.64. The molecule has 0 atom stereocenters. The van der Waals surface area contributed by atoms with Crippen LogP contribution in [-0.4, -0.2) is 52.5 Å². The van der Waals surface area contributed by atoms with Crippen molar-refractivity contribution in [1.82, 2.24) is 25.1 Å². The van der Waals surface area contributed by atoms with Gasteiger partial charge in [-0.15, -0.1) is 0 Å². The molecule has 0 aliphatic heterocycles. The minimum absolute atomic E-state index is 0.227. The first kappa shape index (κ1) is 15.0. The van der Waals surface area contributed by atoms with Gasteiger partial charge in [-0.05, 0) is 18.2 Å². The Morgan fingerprint density at radius 3 is 2.83 bits per heavy atom. The van der Waals surface area contributed by atoms with Gasteiger partial charge < -0.3 is 20.1 Å². The summed E-state index contributed by atoms with van der Waals surface area (Å²) in [6.45, 7) is 1.14. The molecule has 0 spiro atoms. The smallest absolute Gasteiger partial charge is 0.322 e. The Kier molecular flexibility index (Phi) is 4.48. The molecular formula is C14H17N7O2. The normalized spacial score (nSPS) is 10.7. The van der Waals surface area contributed by atoms with Crippen molar-refractivity contribution in [3.63, 3.8) is 0 Å². The highest BCUT2D eigenvalue weighted by molar-refractivity contribution is 5.82. The molecular weight excluding hydrogens is 298 g/mol. The zero-order valence-corrected chi connectivity index (χ0v) is 12.8. The van der Waals surface area contributed by atoms with Gasteiger partial charge >= 0.3 is 6.01 Å². The Labute approximate surface area is 132 Å². The summed E-state index contributed by atoms with van der Waals surface area (Å²) in [4.78, 5) is 12.6. The summed E-state index contributed by atoms with van der Waals surface area (Å²) >= 11 is 0. The minimum atomic E-state index is 0.227. The molecule has 0 fully saturated rings. The number of ether oxygens (including phenoxy) is 2. The molecule has 0 aliphatic carbocycles. The van der Waals surface area contributed by atoms with E-state index in [-0.39, 0.29) is 6.01 Å². The number of rotatable bonds is 7. The third-order valence-corrected chi connectivity index (χ3v) is 3.08. The van der Waals surface area contributed by atoms with Crippen molar-refractivity contribution in [2.75, 3.05) is 38.0 Å². The maximum absolute atomic E-state index is 5.11. The Morgan fingerprint density at radius 2 is 2.00 bits per heavy atom. The van der Waals surface area contributed by atoms with E-state index in [9.17, 15) is 0 Å². The Balaban J connectivity index is 1.81. The lowest BCUT2D eigenvalue weighted by Gasteiger charge is -2.09. The number of nitrogens with one attached hydrogen (secondary N) is 3. The van der Waals surface area contributed by atoms with Gasteiger partial charge in [0.05, 0.1) is 25.4 Å². The summed E-state index contributed by atoms with van der Waals surface area (Å²) in [5, 5.41) is 14.1. The highest BCUT2D eigenvalue weighted by Gasteiger charge is 2.07. The number of methoxy groups -OCH3 is 2. The van der Waals surface area contributed by atoms with E-state index in [0.717, 1.165) is 16.6 Å². The van der Waals surface area contributed by atoms with Crippen molar-refractivity contribution in [2.24, 2.45) is 0 Å². The Hall–Kier alpha value is -2.94. The number of nitrogens with zero attached hydrogens (tertiary/aromatic N) is 4. The lowest BCUT2D eigenvalue weighted by molar-refractivity contribution is 0.210. The molecule has 2 heterocycles. The summed E-state index contributed by atoms with van der Waals surface area (Å²) in [7, 11) is 3.14. The summed E-state index contributed by atoms with van der Waals surface area (Å²) in [5.41, 5.74) is 1.76. The molecule has 9 heteroatoms. The van der Waals surface area contributed by atoms with Crippen LogP contribution in [0, 0.1) is 0 Å². The predicted molar refractivity (Wildman–Crippen MR) is 86.1 cm³/mol. The molecule has 3 N–H and O–H groups in total. The van der Waals surface area contributed by atoms with E-state index >= 15 is 0 Å². The van der Waals surface area contributed by atoms with Gasteiger partial charge in [0.25, 0.3) is 0 Å². The highest BCUT2D eigenvalue weighted by atomic mass is 16.5. The fraction of sp³-hybridized carbons (Fsp3) is 0.286. The Bertz CT molecular complexity index is 790.